The lowest BCUT2D eigenvalue weighted by Gasteiger charge is -2.27. The zero-order valence-corrected chi connectivity index (χ0v) is 24.4. The third-order valence-electron chi connectivity index (χ3n) is 8.75. The number of nitrogens with zero attached hydrogens (tertiary/aromatic N) is 5. The zero-order chi connectivity index (χ0) is 30.7. The van der Waals surface area contributed by atoms with Crippen molar-refractivity contribution in [2.45, 2.75) is 50.7 Å². The molecule has 2 amide bonds. The van der Waals surface area contributed by atoms with Crippen molar-refractivity contribution in [1.82, 2.24) is 20.1 Å². The lowest BCUT2D eigenvalue weighted by molar-refractivity contribution is -0.117. The molecular formula is C33H30FN7O4. The molecular weight excluding hydrogens is 577 g/mol. The summed E-state index contributed by atoms with van der Waals surface area (Å²) in [6, 6.07) is 17.8. The summed E-state index contributed by atoms with van der Waals surface area (Å²) in [5.74, 6) is -0.709. The van der Waals surface area contributed by atoms with Gasteiger partial charge >= 0.3 is 0 Å². The fourth-order valence-corrected chi connectivity index (χ4v) is 6.47. The van der Waals surface area contributed by atoms with E-state index in [1.165, 1.54) is 6.07 Å². The Hall–Kier alpha value is -5.10. The predicted octanol–water partition coefficient (Wildman–Crippen LogP) is 3.78. The van der Waals surface area contributed by atoms with Gasteiger partial charge in [-0.2, -0.15) is 5.10 Å². The second-order valence-electron chi connectivity index (χ2n) is 11.7. The van der Waals surface area contributed by atoms with Gasteiger partial charge in [0.1, 0.15) is 22.9 Å². The Balaban J connectivity index is 1.15. The van der Waals surface area contributed by atoms with Crippen LogP contribution in [0.15, 0.2) is 71.9 Å². The largest absolute Gasteiger partial charge is 0.474 e. The van der Waals surface area contributed by atoms with Crippen LogP contribution in [0.4, 0.5) is 15.9 Å². The van der Waals surface area contributed by atoms with Crippen LogP contribution in [0, 0.1) is 5.82 Å². The SMILES string of the molecule is C[C@H]1CCn2nc(-c3ccc(N4C[C@H]5C[C@@H]4CO5)nc3)c(C(=O)N[C@H]3N=C(c4ccccc4)c4cccc(F)c4NC3=O)c2O1. The molecule has 6 heterocycles. The predicted molar refractivity (Wildman–Crippen MR) is 164 cm³/mol. The molecule has 0 spiro atoms. The fourth-order valence-electron chi connectivity index (χ4n) is 6.47. The summed E-state index contributed by atoms with van der Waals surface area (Å²) in [4.78, 5) is 39.2. The summed E-state index contributed by atoms with van der Waals surface area (Å²) in [5.41, 5.74) is 2.67. The third kappa shape index (κ3) is 4.81. The normalized spacial score (nSPS) is 23.4. The first kappa shape index (κ1) is 27.4. The Morgan fingerprint density at radius 2 is 1.96 bits per heavy atom. The van der Waals surface area contributed by atoms with Crippen LogP contribution in [-0.2, 0) is 16.1 Å². The van der Waals surface area contributed by atoms with E-state index in [9.17, 15) is 14.0 Å². The molecule has 2 N–H and O–H groups in total. The number of benzodiazepines with no additional fused rings is 1. The monoisotopic (exact) mass is 607 g/mol. The van der Waals surface area contributed by atoms with E-state index in [2.05, 4.69) is 20.5 Å². The number of carbonyl (C=O) groups is 2. The molecule has 228 valence electrons. The topological polar surface area (TPSA) is 123 Å². The standard InChI is InChI=1S/C33H30FN7O4/c1-18-12-13-41-33(45-18)26(28(39-41)20-10-11-25(35-15-20)40-16-22-14-21(40)17-44-22)31(42)38-30-32(43)37-29-23(8-5-9-24(29)34)27(36-30)19-6-3-2-4-7-19/h2-11,15,18,21-22,30H,12-14,16-17H2,1H3,(H,37,43)(H,38,42)/t18-,21+,22+,30+/m0/s1. The first-order chi connectivity index (χ1) is 21.9. The number of hydrogen-bond acceptors (Lipinski definition) is 8. The summed E-state index contributed by atoms with van der Waals surface area (Å²) in [6.45, 7) is 4.00. The number of benzene rings is 2. The van der Waals surface area contributed by atoms with E-state index in [0.29, 0.717) is 53.2 Å². The van der Waals surface area contributed by atoms with Gasteiger partial charge < -0.3 is 25.0 Å². The average Bonchev–Trinajstić information content (AvgIpc) is 3.77. The van der Waals surface area contributed by atoms with Crippen molar-refractivity contribution >= 4 is 29.0 Å². The van der Waals surface area contributed by atoms with Gasteiger partial charge in [-0.3, -0.25) is 9.59 Å². The van der Waals surface area contributed by atoms with Crippen molar-refractivity contribution in [2.24, 2.45) is 4.99 Å². The maximum absolute atomic E-state index is 15.0. The number of amides is 2. The van der Waals surface area contributed by atoms with Crippen molar-refractivity contribution in [2.75, 3.05) is 23.4 Å². The Kier molecular flexibility index (Phi) is 6.59. The van der Waals surface area contributed by atoms with E-state index in [0.717, 1.165) is 25.2 Å². The highest BCUT2D eigenvalue weighted by atomic mass is 19.1. The first-order valence-corrected chi connectivity index (χ1v) is 15.1. The number of carbonyl (C=O) groups excluding carboxylic acids is 2. The van der Waals surface area contributed by atoms with Crippen molar-refractivity contribution in [3.8, 4) is 17.1 Å². The average molecular weight is 608 g/mol. The second kappa shape index (κ2) is 10.8. The molecule has 12 heteroatoms. The number of anilines is 2. The number of hydrogen-bond donors (Lipinski definition) is 2. The van der Waals surface area contributed by atoms with Crippen LogP contribution in [0.3, 0.4) is 0 Å². The number of para-hydroxylation sites is 1. The molecule has 2 aromatic heterocycles. The van der Waals surface area contributed by atoms with Gasteiger partial charge in [0.15, 0.2) is 0 Å². The van der Waals surface area contributed by atoms with Crippen LogP contribution in [0.2, 0.25) is 0 Å². The summed E-state index contributed by atoms with van der Waals surface area (Å²) in [6.07, 6.45) is 2.17. The lowest BCUT2D eigenvalue weighted by atomic mass is 10.0. The zero-order valence-electron chi connectivity index (χ0n) is 24.4. The number of morpholine rings is 1. The van der Waals surface area contributed by atoms with E-state index >= 15 is 0 Å². The van der Waals surface area contributed by atoms with Gasteiger partial charge in [-0.15, -0.1) is 0 Å². The number of rotatable bonds is 5. The van der Waals surface area contributed by atoms with Gasteiger partial charge in [0, 0.05) is 42.4 Å². The molecule has 0 aliphatic carbocycles. The number of aryl methyl sites for hydroxylation is 1. The first-order valence-electron chi connectivity index (χ1n) is 15.1. The number of ether oxygens (including phenoxy) is 2. The maximum atomic E-state index is 15.0. The summed E-state index contributed by atoms with van der Waals surface area (Å²) in [7, 11) is 0. The number of halogens is 1. The van der Waals surface area contributed by atoms with Crippen molar-refractivity contribution in [3.05, 3.63) is 89.4 Å². The Labute approximate surface area is 258 Å². The molecule has 2 fully saturated rings. The molecule has 0 saturated carbocycles. The Morgan fingerprint density at radius 3 is 2.71 bits per heavy atom. The van der Waals surface area contributed by atoms with Crippen LogP contribution in [-0.4, -0.2) is 69.9 Å². The molecule has 2 aromatic carbocycles. The molecule has 4 aliphatic heterocycles. The molecule has 11 nitrogen and oxygen atoms in total. The van der Waals surface area contributed by atoms with E-state index in [4.69, 9.17) is 19.6 Å². The minimum atomic E-state index is -1.36. The molecule has 2 saturated heterocycles. The lowest BCUT2D eigenvalue weighted by Crippen LogP contribution is -2.42. The van der Waals surface area contributed by atoms with E-state index in [1.807, 2.05) is 49.4 Å². The van der Waals surface area contributed by atoms with Crippen LogP contribution in [0.5, 0.6) is 5.88 Å². The summed E-state index contributed by atoms with van der Waals surface area (Å²) < 4.78 is 28.5. The molecule has 4 aliphatic rings. The Bertz CT molecular complexity index is 1840. The Morgan fingerprint density at radius 1 is 1.09 bits per heavy atom. The molecule has 4 aromatic rings. The fraction of sp³-hybridized carbons (Fsp3) is 0.303. The highest BCUT2D eigenvalue weighted by Crippen LogP contribution is 2.36. The smallest absolute Gasteiger partial charge is 0.269 e. The number of fused-ring (bicyclic) bond motifs is 4. The molecule has 0 radical (unpaired) electrons. The summed E-state index contributed by atoms with van der Waals surface area (Å²) >= 11 is 0. The van der Waals surface area contributed by atoms with Crippen molar-refractivity contribution < 1.29 is 23.5 Å². The molecule has 2 bridgehead atoms. The third-order valence-corrected chi connectivity index (χ3v) is 8.75. The van der Waals surface area contributed by atoms with Gasteiger partial charge in [-0.1, -0.05) is 42.5 Å². The number of aromatic nitrogens is 3. The minimum absolute atomic E-state index is 0.00608. The van der Waals surface area contributed by atoms with Crippen LogP contribution < -0.4 is 20.3 Å². The highest BCUT2D eigenvalue weighted by Gasteiger charge is 2.40. The molecule has 4 atom stereocenters. The second-order valence-corrected chi connectivity index (χ2v) is 11.7. The van der Waals surface area contributed by atoms with Gasteiger partial charge in [-0.05, 0) is 31.5 Å². The molecule has 45 heavy (non-hydrogen) atoms. The van der Waals surface area contributed by atoms with Crippen molar-refractivity contribution in [1.29, 1.82) is 0 Å². The van der Waals surface area contributed by atoms with Crippen LogP contribution in [0.25, 0.3) is 11.3 Å². The van der Waals surface area contributed by atoms with Gasteiger partial charge in [-0.25, -0.2) is 19.0 Å². The highest BCUT2D eigenvalue weighted by molar-refractivity contribution is 6.20. The molecule has 8 rings (SSSR count). The van der Waals surface area contributed by atoms with E-state index in [1.54, 1.807) is 23.0 Å². The van der Waals surface area contributed by atoms with Gasteiger partial charge in [0.05, 0.1) is 36.3 Å². The van der Waals surface area contributed by atoms with E-state index < -0.39 is 23.8 Å². The number of nitrogens with one attached hydrogen (secondary N) is 2. The summed E-state index contributed by atoms with van der Waals surface area (Å²) in [5, 5.41) is 10.2. The van der Waals surface area contributed by atoms with E-state index in [-0.39, 0.29) is 23.5 Å². The van der Waals surface area contributed by atoms with Crippen LogP contribution >= 0.6 is 0 Å². The van der Waals surface area contributed by atoms with Crippen molar-refractivity contribution in [3.63, 3.8) is 0 Å². The van der Waals surface area contributed by atoms with Gasteiger partial charge in [0.25, 0.3) is 11.8 Å². The number of aliphatic imine (C=N–C) groups is 1. The van der Waals surface area contributed by atoms with Crippen LogP contribution in [0.1, 0.15) is 41.3 Å². The van der Waals surface area contributed by atoms with Gasteiger partial charge in [0.2, 0.25) is 12.0 Å². The molecule has 0 unspecified atom stereocenters. The minimum Gasteiger partial charge on any atom is -0.474 e. The quantitative estimate of drug-likeness (QED) is 0.354. The maximum Gasteiger partial charge on any atom is 0.269 e. The number of pyridine rings is 1.